The molecule has 0 saturated heterocycles. The molecule has 2 rings (SSSR count). The Morgan fingerprint density at radius 3 is 2.73 bits per heavy atom. The van der Waals surface area contributed by atoms with E-state index in [0.29, 0.717) is 11.5 Å². The van der Waals surface area contributed by atoms with Gasteiger partial charge in [0.2, 0.25) is 16.8 Å². The van der Waals surface area contributed by atoms with Crippen LogP contribution in [0.5, 0.6) is 11.5 Å². The van der Waals surface area contributed by atoms with Crippen LogP contribution >= 0.6 is 0 Å². The van der Waals surface area contributed by atoms with Crippen molar-refractivity contribution in [1.82, 2.24) is 4.72 Å². The summed E-state index contributed by atoms with van der Waals surface area (Å²) in [6, 6.07) is 4.18. The third kappa shape index (κ3) is 3.67. The number of nitrogens with one attached hydrogen (secondary N) is 1. The van der Waals surface area contributed by atoms with Crippen molar-refractivity contribution >= 4 is 16.0 Å². The third-order valence-electron chi connectivity index (χ3n) is 3.04. The fourth-order valence-electron chi connectivity index (χ4n) is 2.20. The van der Waals surface area contributed by atoms with Crippen LogP contribution in [0.15, 0.2) is 23.1 Å². The number of benzene rings is 1. The van der Waals surface area contributed by atoms with Crippen LogP contribution in [-0.4, -0.2) is 45.5 Å². The van der Waals surface area contributed by atoms with Crippen molar-refractivity contribution in [2.24, 2.45) is 0 Å². The Kier molecular flexibility index (Phi) is 4.59. The Morgan fingerprint density at radius 1 is 1.41 bits per heavy atom. The van der Waals surface area contributed by atoms with Crippen molar-refractivity contribution in [2.75, 3.05) is 20.5 Å². The largest absolute Gasteiger partial charge is 0.481 e. The number of methoxy groups -OCH3 is 1. The van der Waals surface area contributed by atoms with Gasteiger partial charge in [-0.3, -0.25) is 4.79 Å². The van der Waals surface area contributed by atoms with Crippen LogP contribution in [-0.2, 0) is 19.6 Å². The van der Waals surface area contributed by atoms with Gasteiger partial charge in [0.05, 0.1) is 23.5 Å². The van der Waals surface area contributed by atoms with Crippen LogP contribution in [0.3, 0.4) is 0 Å². The van der Waals surface area contributed by atoms with Gasteiger partial charge >= 0.3 is 5.97 Å². The molecular weight excluding hydrogens is 314 g/mol. The molecular formula is C13H17NO7S. The molecule has 1 aliphatic rings. The van der Waals surface area contributed by atoms with Crippen LogP contribution in [0.1, 0.15) is 13.3 Å². The van der Waals surface area contributed by atoms with E-state index >= 15 is 0 Å². The van der Waals surface area contributed by atoms with E-state index in [-0.39, 0.29) is 18.3 Å². The number of hydrogen-bond donors (Lipinski definition) is 2. The normalized spacial score (nSPS) is 16.3. The van der Waals surface area contributed by atoms with E-state index in [1.165, 1.54) is 32.2 Å². The van der Waals surface area contributed by atoms with Gasteiger partial charge in [0.1, 0.15) is 0 Å². The Labute approximate surface area is 128 Å². The first-order valence-electron chi connectivity index (χ1n) is 6.40. The molecule has 1 unspecified atom stereocenters. The zero-order valence-electron chi connectivity index (χ0n) is 12.2. The Hall–Kier alpha value is -1.84. The molecule has 0 amide bonds. The summed E-state index contributed by atoms with van der Waals surface area (Å²) >= 11 is 0. The van der Waals surface area contributed by atoms with Crippen molar-refractivity contribution in [3.05, 3.63) is 18.2 Å². The van der Waals surface area contributed by atoms with E-state index in [1.807, 2.05) is 0 Å². The SMILES string of the molecule is COCC(C)(CC(=O)O)NS(=O)(=O)c1ccc2c(c1)OCO2. The molecule has 2 N–H and O–H groups in total. The van der Waals surface area contributed by atoms with Gasteiger partial charge in [-0.2, -0.15) is 0 Å². The lowest BCUT2D eigenvalue weighted by molar-refractivity contribution is -0.138. The minimum Gasteiger partial charge on any atom is -0.481 e. The quantitative estimate of drug-likeness (QED) is 0.751. The molecule has 122 valence electrons. The smallest absolute Gasteiger partial charge is 0.305 e. The highest BCUT2D eigenvalue weighted by Gasteiger charge is 2.34. The molecule has 1 aromatic rings. The van der Waals surface area contributed by atoms with Crippen LogP contribution in [0, 0.1) is 0 Å². The highest BCUT2D eigenvalue weighted by atomic mass is 32.2. The number of carboxylic acid groups (broad SMARTS) is 1. The summed E-state index contributed by atoms with van der Waals surface area (Å²) in [5, 5.41) is 8.94. The summed E-state index contributed by atoms with van der Waals surface area (Å²) in [7, 11) is -2.57. The van der Waals surface area contributed by atoms with Gasteiger partial charge in [0, 0.05) is 13.2 Å². The van der Waals surface area contributed by atoms with E-state index in [2.05, 4.69) is 4.72 Å². The number of rotatable bonds is 7. The fraction of sp³-hybridized carbons (Fsp3) is 0.462. The molecule has 0 radical (unpaired) electrons. The van der Waals surface area contributed by atoms with Crippen LogP contribution in [0.25, 0.3) is 0 Å². The van der Waals surface area contributed by atoms with Gasteiger partial charge in [-0.15, -0.1) is 0 Å². The van der Waals surface area contributed by atoms with E-state index in [1.54, 1.807) is 0 Å². The lowest BCUT2D eigenvalue weighted by Crippen LogP contribution is -2.50. The van der Waals surface area contributed by atoms with Gasteiger partial charge < -0.3 is 19.3 Å². The number of sulfonamides is 1. The maximum Gasteiger partial charge on any atom is 0.305 e. The predicted octanol–water partition coefficient (Wildman–Crippen LogP) is 0.573. The number of aliphatic carboxylic acids is 1. The number of carbonyl (C=O) groups is 1. The molecule has 0 fully saturated rings. The lowest BCUT2D eigenvalue weighted by Gasteiger charge is -2.28. The molecule has 0 aliphatic carbocycles. The molecule has 0 bridgehead atoms. The monoisotopic (exact) mass is 331 g/mol. The number of fused-ring (bicyclic) bond motifs is 1. The average molecular weight is 331 g/mol. The van der Waals surface area contributed by atoms with Crippen molar-refractivity contribution in [2.45, 2.75) is 23.8 Å². The molecule has 22 heavy (non-hydrogen) atoms. The van der Waals surface area contributed by atoms with E-state index < -0.39 is 28.0 Å². The molecule has 0 aromatic heterocycles. The molecule has 9 heteroatoms. The van der Waals surface area contributed by atoms with Crippen molar-refractivity contribution < 1.29 is 32.5 Å². The Balaban J connectivity index is 2.27. The van der Waals surface area contributed by atoms with Gasteiger partial charge in [0.25, 0.3) is 0 Å². The van der Waals surface area contributed by atoms with E-state index in [0.717, 1.165) is 0 Å². The Morgan fingerprint density at radius 2 is 2.09 bits per heavy atom. The summed E-state index contributed by atoms with van der Waals surface area (Å²) in [5.74, 6) is -0.341. The zero-order chi connectivity index (χ0) is 16.4. The summed E-state index contributed by atoms with van der Waals surface area (Å²) in [4.78, 5) is 10.9. The maximum absolute atomic E-state index is 12.4. The molecule has 0 spiro atoms. The van der Waals surface area contributed by atoms with Gasteiger partial charge in [0.15, 0.2) is 11.5 Å². The predicted molar refractivity (Wildman–Crippen MR) is 75.4 cm³/mol. The van der Waals surface area contributed by atoms with E-state index in [4.69, 9.17) is 19.3 Å². The minimum atomic E-state index is -3.94. The minimum absolute atomic E-state index is 0.0344. The first kappa shape index (κ1) is 16.5. The summed E-state index contributed by atoms with van der Waals surface area (Å²) in [5.41, 5.74) is -1.27. The second-order valence-corrected chi connectivity index (χ2v) is 6.87. The maximum atomic E-state index is 12.4. The lowest BCUT2D eigenvalue weighted by atomic mass is 10.0. The average Bonchev–Trinajstić information content (AvgIpc) is 2.83. The zero-order valence-corrected chi connectivity index (χ0v) is 13.0. The first-order chi connectivity index (χ1) is 10.3. The van der Waals surface area contributed by atoms with Crippen LogP contribution < -0.4 is 14.2 Å². The number of ether oxygens (including phenoxy) is 3. The van der Waals surface area contributed by atoms with Gasteiger partial charge in [-0.1, -0.05) is 0 Å². The molecule has 8 nitrogen and oxygen atoms in total. The fourth-order valence-corrected chi connectivity index (χ4v) is 3.60. The highest BCUT2D eigenvalue weighted by Crippen LogP contribution is 2.34. The number of hydrogen-bond acceptors (Lipinski definition) is 6. The number of carboxylic acids is 1. The third-order valence-corrected chi connectivity index (χ3v) is 4.68. The van der Waals surface area contributed by atoms with Crippen molar-refractivity contribution in [3.8, 4) is 11.5 Å². The summed E-state index contributed by atoms with van der Waals surface area (Å²) in [6.45, 7) is 1.42. The van der Waals surface area contributed by atoms with Crippen molar-refractivity contribution in [3.63, 3.8) is 0 Å². The summed E-state index contributed by atoms with van der Waals surface area (Å²) < 4.78 is 42.5. The summed E-state index contributed by atoms with van der Waals surface area (Å²) in [6.07, 6.45) is -0.412. The Bertz CT molecular complexity index is 673. The topological polar surface area (TPSA) is 111 Å². The second kappa shape index (κ2) is 6.11. The van der Waals surface area contributed by atoms with E-state index in [9.17, 15) is 13.2 Å². The molecule has 1 atom stereocenters. The molecule has 1 aliphatic heterocycles. The second-order valence-electron chi connectivity index (χ2n) is 5.18. The van der Waals surface area contributed by atoms with Gasteiger partial charge in [-0.05, 0) is 19.1 Å². The first-order valence-corrected chi connectivity index (χ1v) is 7.88. The van der Waals surface area contributed by atoms with Crippen LogP contribution in [0.2, 0.25) is 0 Å². The molecule has 1 aromatic carbocycles. The van der Waals surface area contributed by atoms with Gasteiger partial charge in [-0.25, -0.2) is 13.1 Å². The van der Waals surface area contributed by atoms with Crippen LogP contribution in [0.4, 0.5) is 0 Å². The highest BCUT2D eigenvalue weighted by molar-refractivity contribution is 7.89. The van der Waals surface area contributed by atoms with Crippen molar-refractivity contribution in [1.29, 1.82) is 0 Å². The molecule has 0 saturated carbocycles. The standard InChI is InChI=1S/C13H17NO7S/c1-13(7-19-2,6-12(15)16)14-22(17,18)9-3-4-10-11(5-9)21-8-20-10/h3-5,14H,6-8H2,1-2H3,(H,15,16). The molecule has 1 heterocycles.